The maximum Gasteiger partial charge on any atom is 0.415 e. The van der Waals surface area contributed by atoms with Crippen LogP contribution in [-0.2, 0) is 4.79 Å². The van der Waals surface area contributed by atoms with Gasteiger partial charge in [0.2, 0.25) is 0 Å². The summed E-state index contributed by atoms with van der Waals surface area (Å²) in [6.45, 7) is 4.52. The van der Waals surface area contributed by atoms with Crippen LogP contribution in [0.2, 0.25) is 0 Å². The highest BCUT2D eigenvalue weighted by Crippen LogP contribution is 2.28. The quantitative estimate of drug-likeness (QED) is 0.222. The number of Topliss-reactive ketones (excluding diaryl/α,β-unsaturated/α-hetero) is 1. The molecule has 0 amide bonds. The molecule has 2 N–H and O–H groups in total. The number of nitrogens with one attached hydrogen (secondary N) is 1. The number of hydrogen-bond acceptors (Lipinski definition) is 8. The van der Waals surface area contributed by atoms with E-state index in [4.69, 9.17) is 18.7 Å². The van der Waals surface area contributed by atoms with E-state index in [0.29, 0.717) is 24.4 Å². The summed E-state index contributed by atoms with van der Waals surface area (Å²) in [6.07, 6.45) is 1.51. The molecule has 0 fully saturated rings. The molecule has 2 aromatic carbocycles. The van der Waals surface area contributed by atoms with Crippen LogP contribution in [0.5, 0.6) is 6.08 Å². The molecule has 0 bridgehead atoms. The van der Waals surface area contributed by atoms with Gasteiger partial charge in [0, 0.05) is 29.5 Å². The van der Waals surface area contributed by atoms with Crippen LogP contribution in [0.4, 0.5) is 5.69 Å². The molecule has 0 radical (unpaired) electrons. The third-order valence-electron chi connectivity index (χ3n) is 6.11. The molecule has 0 saturated heterocycles. The van der Waals surface area contributed by atoms with Gasteiger partial charge in [0.25, 0.3) is 5.89 Å². The number of para-hydroxylation sites is 1. The van der Waals surface area contributed by atoms with Gasteiger partial charge in [-0.3, -0.25) is 9.59 Å². The van der Waals surface area contributed by atoms with Crippen molar-refractivity contribution in [1.29, 1.82) is 0 Å². The first-order valence-corrected chi connectivity index (χ1v) is 12.0. The Morgan fingerprint density at radius 1 is 1.06 bits per heavy atom. The summed E-state index contributed by atoms with van der Waals surface area (Å²) in [6, 6.07) is 16.6. The number of ketones is 1. The van der Waals surface area contributed by atoms with Crippen molar-refractivity contribution in [1.82, 2.24) is 10.2 Å². The van der Waals surface area contributed by atoms with Gasteiger partial charge in [-0.1, -0.05) is 43.6 Å². The smallest absolute Gasteiger partial charge is 0.415 e. The molecular weight excluding hydrogens is 462 g/mol. The van der Waals surface area contributed by atoms with Crippen LogP contribution in [0.3, 0.4) is 0 Å². The van der Waals surface area contributed by atoms with Gasteiger partial charge < -0.3 is 24.0 Å². The molecule has 0 spiro atoms. The fourth-order valence-electron chi connectivity index (χ4n) is 3.76. The van der Waals surface area contributed by atoms with Gasteiger partial charge >= 0.3 is 12.0 Å². The monoisotopic (exact) mass is 491 g/mol. The van der Waals surface area contributed by atoms with E-state index in [-0.39, 0.29) is 42.6 Å². The first kappa shape index (κ1) is 25.0. The number of nitrogens with zero attached hydrogens (tertiary/aromatic N) is 2. The van der Waals surface area contributed by atoms with E-state index < -0.39 is 5.97 Å². The van der Waals surface area contributed by atoms with Crippen LogP contribution < -0.4 is 10.1 Å². The molecule has 0 saturated carbocycles. The highest BCUT2D eigenvalue weighted by atomic mass is 16.6. The highest BCUT2D eigenvalue weighted by Gasteiger charge is 2.20. The first-order chi connectivity index (χ1) is 17.4. The second kappa shape index (κ2) is 11.5. The maximum atomic E-state index is 12.3. The molecule has 2 heterocycles. The molecule has 36 heavy (non-hydrogen) atoms. The summed E-state index contributed by atoms with van der Waals surface area (Å²) in [7, 11) is 0. The lowest BCUT2D eigenvalue weighted by molar-refractivity contribution is -0.137. The number of carboxylic acid groups (broad SMARTS) is 1. The molecule has 4 aromatic rings. The molecular formula is C27H29N3O6. The number of ether oxygens (including phenoxy) is 1. The van der Waals surface area contributed by atoms with E-state index in [9.17, 15) is 9.59 Å². The minimum absolute atomic E-state index is 0.0121. The molecule has 0 aliphatic carbocycles. The van der Waals surface area contributed by atoms with Crippen LogP contribution in [0, 0.1) is 5.92 Å². The van der Waals surface area contributed by atoms with Crippen LogP contribution in [0.1, 0.15) is 49.9 Å². The molecule has 188 valence electrons. The molecule has 2 aromatic heterocycles. The summed E-state index contributed by atoms with van der Waals surface area (Å²) in [5, 5.41) is 21.2. The summed E-state index contributed by atoms with van der Waals surface area (Å²) >= 11 is 0. The van der Waals surface area contributed by atoms with E-state index in [1.165, 1.54) is 0 Å². The third kappa shape index (κ3) is 6.29. The zero-order valence-electron chi connectivity index (χ0n) is 20.3. The molecule has 2 atom stereocenters. The van der Waals surface area contributed by atoms with Crippen LogP contribution in [-0.4, -0.2) is 39.7 Å². The van der Waals surface area contributed by atoms with Crippen molar-refractivity contribution >= 4 is 28.4 Å². The van der Waals surface area contributed by atoms with Gasteiger partial charge in [-0.2, -0.15) is 0 Å². The number of carbonyl (C=O) groups is 2. The summed E-state index contributed by atoms with van der Waals surface area (Å²) < 4.78 is 17.3. The normalized spacial score (nSPS) is 12.8. The minimum Gasteiger partial charge on any atom is -0.481 e. The number of hydrogen-bond donors (Lipinski definition) is 2. The van der Waals surface area contributed by atoms with Gasteiger partial charge in [0.1, 0.15) is 12.2 Å². The number of anilines is 1. The first-order valence-electron chi connectivity index (χ1n) is 12.0. The number of carboxylic acids is 1. The van der Waals surface area contributed by atoms with Gasteiger partial charge in [-0.15, -0.1) is 5.10 Å². The Morgan fingerprint density at radius 3 is 2.56 bits per heavy atom. The Balaban J connectivity index is 1.36. The SMILES string of the molecule is CC[C@H](C)[C@@H](COc1nnc(-c2cc3ccccc3o2)o1)Nc1ccc(C(=O)CCCC(=O)O)cc1. The average molecular weight is 492 g/mol. The van der Waals surface area contributed by atoms with E-state index in [2.05, 4.69) is 29.4 Å². The van der Waals surface area contributed by atoms with E-state index >= 15 is 0 Å². The minimum atomic E-state index is -0.896. The number of aliphatic carboxylic acids is 1. The standard InChI is InChI=1S/C27H29N3O6/c1-3-17(2)21(28-20-13-11-18(12-14-20)22(31)8-6-10-25(32)33)16-34-27-30-29-26(36-27)24-15-19-7-4-5-9-23(19)35-24/h4-5,7,9,11-15,17,21,28H,3,6,8,10,16H2,1-2H3,(H,32,33)/t17-,21+/m0/s1. The second-order valence-corrected chi connectivity index (χ2v) is 8.72. The summed E-state index contributed by atoms with van der Waals surface area (Å²) in [5.41, 5.74) is 2.15. The molecule has 9 nitrogen and oxygen atoms in total. The third-order valence-corrected chi connectivity index (χ3v) is 6.11. The summed E-state index contributed by atoms with van der Waals surface area (Å²) in [4.78, 5) is 22.9. The lowest BCUT2D eigenvalue weighted by atomic mass is 9.99. The molecule has 0 unspecified atom stereocenters. The van der Waals surface area contributed by atoms with Gasteiger partial charge in [0.05, 0.1) is 6.04 Å². The van der Waals surface area contributed by atoms with Crippen molar-refractivity contribution in [2.75, 3.05) is 11.9 Å². The Kier molecular flexibility index (Phi) is 7.99. The highest BCUT2D eigenvalue weighted by molar-refractivity contribution is 5.96. The fraction of sp³-hybridized carbons (Fsp3) is 0.333. The van der Waals surface area contributed by atoms with Crippen molar-refractivity contribution in [2.24, 2.45) is 5.92 Å². The Morgan fingerprint density at radius 2 is 1.83 bits per heavy atom. The second-order valence-electron chi connectivity index (χ2n) is 8.72. The number of fused-ring (bicyclic) bond motifs is 1. The van der Waals surface area contributed by atoms with Gasteiger partial charge in [0.15, 0.2) is 11.5 Å². The molecule has 0 aliphatic rings. The van der Waals surface area contributed by atoms with Crippen molar-refractivity contribution < 1.29 is 28.3 Å². The number of rotatable bonds is 13. The fourth-order valence-corrected chi connectivity index (χ4v) is 3.76. The number of benzene rings is 2. The lowest BCUT2D eigenvalue weighted by Crippen LogP contribution is -2.33. The Labute approximate surface area is 208 Å². The van der Waals surface area contributed by atoms with Gasteiger partial charge in [-0.05, 0) is 48.7 Å². The van der Waals surface area contributed by atoms with E-state index in [1.54, 1.807) is 12.1 Å². The van der Waals surface area contributed by atoms with Crippen molar-refractivity contribution in [3.8, 4) is 17.7 Å². The molecule has 0 aliphatic heterocycles. The van der Waals surface area contributed by atoms with Crippen LogP contribution in [0.15, 0.2) is 63.4 Å². The van der Waals surface area contributed by atoms with E-state index in [0.717, 1.165) is 23.1 Å². The number of aromatic nitrogens is 2. The van der Waals surface area contributed by atoms with E-state index in [1.807, 2.05) is 42.5 Å². The number of carbonyl (C=O) groups excluding carboxylic acids is 1. The maximum absolute atomic E-state index is 12.3. The van der Waals surface area contributed by atoms with Crippen molar-refractivity contribution in [3.63, 3.8) is 0 Å². The number of furan rings is 1. The van der Waals surface area contributed by atoms with Crippen molar-refractivity contribution in [2.45, 2.75) is 45.6 Å². The molecule has 9 heteroatoms. The predicted octanol–water partition coefficient (Wildman–Crippen LogP) is 5.83. The Hall–Kier alpha value is -4.14. The zero-order chi connectivity index (χ0) is 25.5. The molecule has 4 rings (SSSR count). The predicted molar refractivity (Wildman–Crippen MR) is 134 cm³/mol. The largest absolute Gasteiger partial charge is 0.481 e. The topological polar surface area (TPSA) is 128 Å². The lowest BCUT2D eigenvalue weighted by Gasteiger charge is -2.24. The van der Waals surface area contributed by atoms with Crippen molar-refractivity contribution in [3.05, 3.63) is 60.2 Å². The zero-order valence-corrected chi connectivity index (χ0v) is 20.3. The average Bonchev–Trinajstić information content (AvgIpc) is 3.53. The van der Waals surface area contributed by atoms with Gasteiger partial charge in [-0.25, -0.2) is 0 Å². The Bertz CT molecular complexity index is 1280. The summed E-state index contributed by atoms with van der Waals surface area (Å²) in [5.74, 6) is 0.0406. The van der Waals surface area contributed by atoms with Crippen LogP contribution >= 0.6 is 0 Å². The van der Waals surface area contributed by atoms with Crippen LogP contribution in [0.25, 0.3) is 22.6 Å².